The van der Waals surface area contributed by atoms with Gasteiger partial charge >= 0.3 is 0 Å². The molecule has 0 aliphatic rings. The Hall–Kier alpha value is -2.94. The summed E-state index contributed by atoms with van der Waals surface area (Å²) in [5.41, 5.74) is 1.46. The van der Waals surface area contributed by atoms with Crippen molar-refractivity contribution >= 4 is 27.5 Å². The average Bonchev–Trinajstić information content (AvgIpc) is 2.75. The molecule has 1 atom stereocenters. The number of benzene rings is 2. The monoisotopic (exact) mass is 491 g/mol. The first-order valence-corrected chi connectivity index (χ1v) is 13.0. The molecule has 7 nitrogen and oxygen atoms in total. The van der Waals surface area contributed by atoms with Crippen molar-refractivity contribution in [3.05, 3.63) is 65.5 Å². The summed E-state index contributed by atoms with van der Waals surface area (Å²) >= 11 is 0. The summed E-state index contributed by atoms with van der Waals surface area (Å²) < 4.78 is 40.5. The quantitative estimate of drug-likeness (QED) is 0.582. The highest BCUT2D eigenvalue weighted by atomic mass is 32.2. The number of carbonyl (C=O) groups excluding carboxylic acids is 2. The van der Waals surface area contributed by atoms with Crippen LogP contribution in [0.1, 0.15) is 45.7 Å². The molecule has 0 heterocycles. The largest absolute Gasteiger partial charge is 0.355 e. The number of anilines is 1. The molecule has 2 rings (SSSR count). The maximum atomic E-state index is 14.3. The number of likely N-dealkylation sites (N-methyl/N-ethyl adjacent to an activating group) is 1. The van der Waals surface area contributed by atoms with Crippen LogP contribution in [-0.2, 0) is 31.6 Å². The Bertz CT molecular complexity index is 1110. The molecule has 0 spiro atoms. The molecule has 0 aliphatic carbocycles. The Morgan fingerprint density at radius 2 is 1.65 bits per heavy atom. The molecule has 0 saturated carbocycles. The fraction of sp³-hybridized carbons (Fsp3) is 0.440. The molecule has 2 aromatic carbocycles. The first-order chi connectivity index (χ1) is 15.8. The van der Waals surface area contributed by atoms with Crippen molar-refractivity contribution in [1.82, 2.24) is 10.2 Å². The van der Waals surface area contributed by atoms with Crippen molar-refractivity contribution in [3.63, 3.8) is 0 Å². The zero-order valence-corrected chi connectivity index (χ0v) is 21.4. The second-order valence-electron chi connectivity index (χ2n) is 9.25. The van der Waals surface area contributed by atoms with Gasteiger partial charge in [-0.3, -0.25) is 13.9 Å². The van der Waals surface area contributed by atoms with Crippen molar-refractivity contribution < 1.29 is 22.4 Å². The van der Waals surface area contributed by atoms with Crippen LogP contribution in [0.2, 0.25) is 0 Å². The van der Waals surface area contributed by atoms with Crippen LogP contribution in [0.25, 0.3) is 0 Å². The molecule has 1 N–H and O–H groups in total. The summed E-state index contributed by atoms with van der Waals surface area (Å²) in [6, 6.07) is 12.0. The average molecular weight is 492 g/mol. The minimum absolute atomic E-state index is 0.122. The van der Waals surface area contributed by atoms with E-state index in [1.165, 1.54) is 30.0 Å². The smallest absolute Gasteiger partial charge is 0.244 e. The zero-order chi connectivity index (χ0) is 25.7. The number of nitrogens with one attached hydrogen (secondary N) is 1. The number of halogens is 1. The lowest BCUT2D eigenvalue weighted by Crippen LogP contribution is -2.51. The van der Waals surface area contributed by atoms with Crippen LogP contribution < -0.4 is 9.62 Å². The van der Waals surface area contributed by atoms with Gasteiger partial charge in [-0.2, -0.15) is 0 Å². The Labute approximate surface area is 202 Å². The molecule has 0 fully saturated rings. The number of hydrogen-bond donors (Lipinski definition) is 1. The third kappa shape index (κ3) is 7.03. The van der Waals surface area contributed by atoms with Crippen molar-refractivity contribution in [2.75, 3.05) is 23.7 Å². The van der Waals surface area contributed by atoms with Gasteiger partial charge in [-0.1, -0.05) is 51.1 Å². The van der Waals surface area contributed by atoms with E-state index in [9.17, 15) is 22.4 Å². The lowest BCUT2D eigenvalue weighted by molar-refractivity contribution is -0.139. The number of amides is 2. The number of rotatable bonds is 9. The van der Waals surface area contributed by atoms with E-state index < -0.39 is 40.2 Å². The molecular formula is C25H34FN3O4S. The topological polar surface area (TPSA) is 86.8 Å². The van der Waals surface area contributed by atoms with Gasteiger partial charge in [0, 0.05) is 18.7 Å². The molecule has 0 unspecified atom stereocenters. The number of carbonyl (C=O) groups is 2. The van der Waals surface area contributed by atoms with E-state index in [4.69, 9.17) is 0 Å². The zero-order valence-electron chi connectivity index (χ0n) is 20.6. The fourth-order valence-electron chi connectivity index (χ4n) is 3.46. The SMILES string of the molecule is CCNC(=O)[C@@H](C)N(Cc1ccccc1F)C(=O)CN(c1ccc(C(C)(C)C)cc1)S(C)(=O)=O. The van der Waals surface area contributed by atoms with Gasteiger partial charge in [-0.15, -0.1) is 0 Å². The summed E-state index contributed by atoms with van der Waals surface area (Å²) in [6.07, 6.45) is 1.02. The third-order valence-electron chi connectivity index (χ3n) is 5.52. The van der Waals surface area contributed by atoms with Crippen LogP contribution in [0, 0.1) is 5.82 Å². The Kier molecular flexibility index (Phi) is 8.83. The van der Waals surface area contributed by atoms with E-state index in [2.05, 4.69) is 5.32 Å². The van der Waals surface area contributed by atoms with E-state index in [0.29, 0.717) is 12.2 Å². The maximum Gasteiger partial charge on any atom is 0.244 e. The minimum Gasteiger partial charge on any atom is -0.355 e. The van der Waals surface area contributed by atoms with Crippen LogP contribution >= 0.6 is 0 Å². The first-order valence-electron chi connectivity index (χ1n) is 11.1. The number of nitrogens with zero attached hydrogens (tertiary/aromatic N) is 2. The highest BCUT2D eigenvalue weighted by molar-refractivity contribution is 7.92. The lowest BCUT2D eigenvalue weighted by atomic mass is 9.87. The fourth-order valence-corrected chi connectivity index (χ4v) is 4.31. The predicted molar refractivity (Wildman–Crippen MR) is 132 cm³/mol. The lowest BCUT2D eigenvalue weighted by Gasteiger charge is -2.31. The standard InChI is InChI=1S/C25H34FN3O4S/c1-7-27-24(31)18(2)28(16-19-10-8-9-11-22(19)26)23(30)17-29(34(6,32)33)21-14-12-20(13-15-21)25(3,4)5/h8-15,18H,7,16-17H2,1-6H3,(H,27,31)/t18-/m1/s1. The van der Waals surface area contributed by atoms with E-state index in [1.807, 2.05) is 32.9 Å². The molecule has 9 heteroatoms. The second-order valence-corrected chi connectivity index (χ2v) is 11.2. The maximum absolute atomic E-state index is 14.3. The van der Waals surface area contributed by atoms with Gasteiger partial charge in [0.15, 0.2) is 0 Å². The van der Waals surface area contributed by atoms with Gasteiger partial charge in [0.1, 0.15) is 18.4 Å². The molecule has 0 bridgehead atoms. The summed E-state index contributed by atoms with van der Waals surface area (Å²) in [4.78, 5) is 27.1. The molecule has 0 aliphatic heterocycles. The van der Waals surface area contributed by atoms with E-state index in [-0.39, 0.29) is 17.5 Å². The predicted octanol–water partition coefficient (Wildman–Crippen LogP) is 3.44. The van der Waals surface area contributed by atoms with Gasteiger partial charge in [-0.05, 0) is 43.0 Å². The molecule has 2 aromatic rings. The second kappa shape index (κ2) is 11.0. The van der Waals surface area contributed by atoms with Crippen LogP contribution in [-0.4, -0.2) is 50.5 Å². The normalized spacial score (nSPS) is 12.7. The number of hydrogen-bond acceptors (Lipinski definition) is 4. The molecule has 2 amide bonds. The van der Waals surface area contributed by atoms with E-state index in [0.717, 1.165) is 16.1 Å². The van der Waals surface area contributed by atoms with Gasteiger partial charge in [-0.25, -0.2) is 12.8 Å². The Morgan fingerprint density at radius 3 is 2.15 bits per heavy atom. The molecule has 186 valence electrons. The van der Waals surface area contributed by atoms with Gasteiger partial charge in [0.05, 0.1) is 11.9 Å². The summed E-state index contributed by atoms with van der Waals surface area (Å²) in [5, 5.41) is 2.66. The van der Waals surface area contributed by atoms with Crippen molar-refractivity contribution in [2.24, 2.45) is 0 Å². The highest BCUT2D eigenvalue weighted by Gasteiger charge is 2.30. The van der Waals surface area contributed by atoms with Crippen LogP contribution in [0.3, 0.4) is 0 Å². The molecule has 0 radical (unpaired) electrons. The molecular weight excluding hydrogens is 457 g/mol. The van der Waals surface area contributed by atoms with Crippen molar-refractivity contribution in [2.45, 2.75) is 52.6 Å². The van der Waals surface area contributed by atoms with Crippen molar-refractivity contribution in [1.29, 1.82) is 0 Å². The van der Waals surface area contributed by atoms with Crippen molar-refractivity contribution in [3.8, 4) is 0 Å². The van der Waals surface area contributed by atoms with Gasteiger partial charge < -0.3 is 10.2 Å². The van der Waals surface area contributed by atoms with Gasteiger partial charge in [0.2, 0.25) is 21.8 Å². The summed E-state index contributed by atoms with van der Waals surface area (Å²) in [6.45, 7) is 9.08. The summed E-state index contributed by atoms with van der Waals surface area (Å²) in [7, 11) is -3.82. The molecule has 34 heavy (non-hydrogen) atoms. The number of sulfonamides is 1. The van der Waals surface area contributed by atoms with E-state index >= 15 is 0 Å². The molecule has 0 saturated heterocycles. The highest BCUT2D eigenvalue weighted by Crippen LogP contribution is 2.26. The minimum atomic E-state index is -3.82. The Balaban J connectivity index is 2.40. The van der Waals surface area contributed by atoms with E-state index in [1.54, 1.807) is 25.1 Å². The third-order valence-corrected chi connectivity index (χ3v) is 6.66. The van der Waals surface area contributed by atoms with Gasteiger partial charge in [0.25, 0.3) is 0 Å². The first kappa shape index (κ1) is 27.3. The van der Waals surface area contributed by atoms with Crippen LogP contribution in [0.4, 0.5) is 10.1 Å². The summed E-state index contributed by atoms with van der Waals surface area (Å²) in [5.74, 6) is -1.54. The van der Waals surface area contributed by atoms with Crippen LogP contribution in [0.15, 0.2) is 48.5 Å². The Morgan fingerprint density at radius 1 is 1.06 bits per heavy atom. The van der Waals surface area contributed by atoms with Crippen LogP contribution in [0.5, 0.6) is 0 Å². The molecule has 0 aromatic heterocycles.